The molecule has 0 heterocycles. The molecule has 7 heteroatoms. The monoisotopic (exact) mass is 336 g/mol. The van der Waals surface area contributed by atoms with E-state index in [1.165, 1.54) is 24.3 Å². The van der Waals surface area contributed by atoms with E-state index in [0.717, 1.165) is 0 Å². The maximum absolute atomic E-state index is 11.3. The van der Waals surface area contributed by atoms with Crippen LogP contribution in [0.2, 0.25) is 15.1 Å². The van der Waals surface area contributed by atoms with Gasteiger partial charge in [0.1, 0.15) is 4.90 Å². The fourth-order valence-corrected chi connectivity index (χ4v) is 2.99. The van der Waals surface area contributed by atoms with E-state index in [1.807, 2.05) is 0 Å². The first-order valence-corrected chi connectivity index (χ1v) is 7.60. The lowest BCUT2D eigenvalue weighted by molar-refractivity contribution is 0.483. The normalized spacial score (nSPS) is 11.6. The Morgan fingerprint density at radius 1 is 0.842 bits per heavy atom. The van der Waals surface area contributed by atoms with Crippen molar-refractivity contribution in [3.8, 4) is 11.1 Å². The summed E-state index contributed by atoms with van der Waals surface area (Å²) in [7, 11) is -4.36. The Morgan fingerprint density at radius 2 is 1.47 bits per heavy atom. The highest BCUT2D eigenvalue weighted by atomic mass is 35.5. The third-order valence-electron chi connectivity index (χ3n) is 2.49. The SMILES string of the molecule is O=S(=O)(O)c1ccccc1-c1ccc(Cl)c(Cl)c1Cl. The second kappa shape index (κ2) is 5.31. The minimum absolute atomic E-state index is 0.130. The van der Waals surface area contributed by atoms with E-state index in [9.17, 15) is 13.0 Å². The molecule has 0 saturated carbocycles. The molecule has 0 radical (unpaired) electrons. The number of hydrogen-bond donors (Lipinski definition) is 1. The van der Waals surface area contributed by atoms with Crippen LogP contribution in [0.15, 0.2) is 41.3 Å². The van der Waals surface area contributed by atoms with Gasteiger partial charge in [-0.25, -0.2) is 0 Å². The van der Waals surface area contributed by atoms with Crippen LogP contribution in [-0.2, 0) is 10.1 Å². The minimum atomic E-state index is -4.36. The van der Waals surface area contributed by atoms with Crippen LogP contribution in [0.3, 0.4) is 0 Å². The van der Waals surface area contributed by atoms with Crippen LogP contribution < -0.4 is 0 Å². The minimum Gasteiger partial charge on any atom is -0.282 e. The van der Waals surface area contributed by atoms with E-state index in [4.69, 9.17) is 34.8 Å². The Balaban J connectivity index is 2.78. The predicted octanol–water partition coefficient (Wildman–Crippen LogP) is 4.56. The average Bonchev–Trinajstić information content (AvgIpc) is 2.35. The topological polar surface area (TPSA) is 54.4 Å². The summed E-state index contributed by atoms with van der Waals surface area (Å²) in [6, 6.07) is 8.98. The smallest absolute Gasteiger partial charge is 0.282 e. The summed E-state index contributed by atoms with van der Waals surface area (Å²) in [5.41, 5.74) is 0.637. The summed E-state index contributed by atoms with van der Waals surface area (Å²) in [4.78, 5) is -0.240. The molecule has 0 saturated heterocycles. The lowest BCUT2D eigenvalue weighted by Crippen LogP contribution is -2.00. The van der Waals surface area contributed by atoms with Crippen molar-refractivity contribution in [1.82, 2.24) is 0 Å². The molecule has 0 spiro atoms. The Kier molecular flexibility index (Phi) is 4.08. The van der Waals surface area contributed by atoms with Crippen LogP contribution in [0, 0.1) is 0 Å². The molecular formula is C12H7Cl3O3S. The van der Waals surface area contributed by atoms with Crippen molar-refractivity contribution >= 4 is 44.9 Å². The molecule has 19 heavy (non-hydrogen) atoms. The van der Waals surface area contributed by atoms with Crippen molar-refractivity contribution in [1.29, 1.82) is 0 Å². The standard InChI is InChI=1S/C12H7Cl3O3S/c13-9-6-5-8(11(14)12(9)15)7-3-1-2-4-10(7)19(16,17)18/h1-6H,(H,16,17,18). The van der Waals surface area contributed by atoms with Gasteiger partial charge in [-0.3, -0.25) is 4.55 Å². The fourth-order valence-electron chi connectivity index (χ4n) is 1.65. The van der Waals surface area contributed by atoms with E-state index >= 15 is 0 Å². The molecular weight excluding hydrogens is 331 g/mol. The average molecular weight is 338 g/mol. The van der Waals surface area contributed by atoms with Crippen molar-refractivity contribution in [2.45, 2.75) is 4.90 Å². The van der Waals surface area contributed by atoms with Gasteiger partial charge in [-0.1, -0.05) is 59.1 Å². The van der Waals surface area contributed by atoms with E-state index in [1.54, 1.807) is 12.1 Å². The van der Waals surface area contributed by atoms with E-state index in [-0.39, 0.29) is 25.5 Å². The third-order valence-corrected chi connectivity index (χ3v) is 4.70. The molecule has 2 aromatic carbocycles. The fraction of sp³-hybridized carbons (Fsp3) is 0. The summed E-state index contributed by atoms with van der Waals surface area (Å²) in [5, 5.41) is 0.524. The first kappa shape index (κ1) is 14.6. The predicted molar refractivity (Wildman–Crippen MR) is 76.7 cm³/mol. The summed E-state index contributed by atoms with van der Waals surface area (Å²) in [5.74, 6) is 0. The molecule has 0 atom stereocenters. The highest BCUT2D eigenvalue weighted by Gasteiger charge is 2.19. The Hall–Kier alpha value is -0.780. The third kappa shape index (κ3) is 2.88. The molecule has 2 aromatic rings. The first-order chi connectivity index (χ1) is 8.82. The van der Waals surface area contributed by atoms with Crippen LogP contribution in [0.5, 0.6) is 0 Å². The first-order valence-electron chi connectivity index (χ1n) is 5.03. The summed E-state index contributed by atoms with van der Waals surface area (Å²) < 4.78 is 31.9. The molecule has 1 N–H and O–H groups in total. The molecule has 3 nitrogen and oxygen atoms in total. The van der Waals surface area contributed by atoms with Gasteiger partial charge < -0.3 is 0 Å². The molecule has 0 bridgehead atoms. The quantitative estimate of drug-likeness (QED) is 0.645. The van der Waals surface area contributed by atoms with Gasteiger partial charge in [-0.2, -0.15) is 8.42 Å². The van der Waals surface area contributed by atoms with Crippen LogP contribution in [0.25, 0.3) is 11.1 Å². The molecule has 100 valence electrons. The van der Waals surface area contributed by atoms with Crippen molar-refractivity contribution in [3.63, 3.8) is 0 Å². The Bertz CT molecular complexity index is 742. The summed E-state index contributed by atoms with van der Waals surface area (Å²) >= 11 is 17.8. The molecule has 0 fully saturated rings. The second-order valence-electron chi connectivity index (χ2n) is 3.69. The van der Waals surface area contributed by atoms with Crippen molar-refractivity contribution in [2.75, 3.05) is 0 Å². The lowest BCUT2D eigenvalue weighted by atomic mass is 10.1. The molecule has 0 aliphatic carbocycles. The number of hydrogen-bond acceptors (Lipinski definition) is 2. The van der Waals surface area contributed by atoms with E-state index in [0.29, 0.717) is 5.56 Å². The summed E-state index contributed by atoms with van der Waals surface area (Å²) in [6.45, 7) is 0. The van der Waals surface area contributed by atoms with Gasteiger partial charge in [0.25, 0.3) is 10.1 Å². The van der Waals surface area contributed by atoms with Crippen molar-refractivity contribution in [2.24, 2.45) is 0 Å². The lowest BCUT2D eigenvalue weighted by Gasteiger charge is -2.10. The van der Waals surface area contributed by atoms with Crippen LogP contribution in [0.1, 0.15) is 0 Å². The highest BCUT2D eigenvalue weighted by molar-refractivity contribution is 7.86. The van der Waals surface area contributed by atoms with Gasteiger partial charge in [0.2, 0.25) is 0 Å². The molecule has 0 aromatic heterocycles. The van der Waals surface area contributed by atoms with Gasteiger partial charge >= 0.3 is 0 Å². The molecule has 0 unspecified atom stereocenters. The Morgan fingerprint density at radius 3 is 2.11 bits per heavy atom. The van der Waals surface area contributed by atoms with Crippen LogP contribution >= 0.6 is 34.8 Å². The maximum Gasteiger partial charge on any atom is 0.295 e. The zero-order chi connectivity index (χ0) is 14.2. The highest BCUT2D eigenvalue weighted by Crippen LogP contribution is 2.39. The van der Waals surface area contributed by atoms with Gasteiger partial charge in [0.05, 0.1) is 15.1 Å². The zero-order valence-corrected chi connectivity index (χ0v) is 12.4. The van der Waals surface area contributed by atoms with Crippen LogP contribution in [0.4, 0.5) is 0 Å². The van der Waals surface area contributed by atoms with Crippen molar-refractivity contribution in [3.05, 3.63) is 51.5 Å². The second-order valence-corrected chi connectivity index (χ2v) is 6.25. The molecule has 0 aliphatic heterocycles. The molecule has 0 aliphatic rings. The van der Waals surface area contributed by atoms with Gasteiger partial charge in [0, 0.05) is 11.1 Å². The summed E-state index contributed by atoms with van der Waals surface area (Å²) in [6.07, 6.45) is 0. The number of rotatable bonds is 2. The van der Waals surface area contributed by atoms with Gasteiger partial charge in [-0.05, 0) is 12.1 Å². The van der Waals surface area contributed by atoms with E-state index < -0.39 is 10.1 Å². The van der Waals surface area contributed by atoms with Gasteiger partial charge in [-0.15, -0.1) is 0 Å². The Labute approximate surface area is 125 Å². The molecule has 0 amide bonds. The molecule has 2 rings (SSSR count). The van der Waals surface area contributed by atoms with Crippen LogP contribution in [-0.4, -0.2) is 13.0 Å². The zero-order valence-electron chi connectivity index (χ0n) is 9.27. The van der Waals surface area contributed by atoms with Crippen molar-refractivity contribution < 1.29 is 13.0 Å². The maximum atomic E-state index is 11.3. The van der Waals surface area contributed by atoms with E-state index in [2.05, 4.69) is 0 Å². The van der Waals surface area contributed by atoms with Gasteiger partial charge in [0.15, 0.2) is 0 Å². The number of benzene rings is 2. The number of halogens is 3. The largest absolute Gasteiger partial charge is 0.295 e.